The molecule has 0 saturated carbocycles. The second-order valence-corrected chi connectivity index (χ2v) is 4.98. The van der Waals surface area contributed by atoms with E-state index >= 15 is 0 Å². The van der Waals surface area contributed by atoms with Crippen molar-refractivity contribution >= 4 is 22.3 Å². The fourth-order valence-corrected chi connectivity index (χ4v) is 2.53. The first-order valence-electron chi connectivity index (χ1n) is 5.06. The molecule has 1 aromatic heterocycles. The number of amidine groups is 1. The van der Waals surface area contributed by atoms with E-state index in [1.165, 1.54) is 0 Å². The Morgan fingerprint density at radius 3 is 2.60 bits per heavy atom. The van der Waals surface area contributed by atoms with E-state index in [0.717, 1.165) is 36.1 Å². The van der Waals surface area contributed by atoms with Gasteiger partial charge >= 0.3 is 0 Å². The van der Waals surface area contributed by atoms with Gasteiger partial charge in [0, 0.05) is 19.0 Å². The van der Waals surface area contributed by atoms with Gasteiger partial charge in [0.15, 0.2) is 0 Å². The van der Waals surface area contributed by atoms with E-state index in [1.807, 2.05) is 6.92 Å². The van der Waals surface area contributed by atoms with Crippen molar-refractivity contribution in [3.63, 3.8) is 0 Å². The predicted octanol–water partition coefficient (Wildman–Crippen LogP) is 0.999. The lowest BCUT2D eigenvalue weighted by Crippen LogP contribution is -2.38. The number of nitrogens with two attached hydrogens (primary N) is 1. The molecule has 6 heteroatoms. The van der Waals surface area contributed by atoms with Gasteiger partial charge in [-0.3, -0.25) is 5.41 Å². The maximum Gasteiger partial charge on any atom is 0.208 e. The molecule has 1 fully saturated rings. The van der Waals surface area contributed by atoms with Crippen LogP contribution < -0.4 is 10.6 Å². The van der Waals surface area contributed by atoms with Gasteiger partial charge in [-0.1, -0.05) is 11.3 Å². The zero-order valence-electron chi connectivity index (χ0n) is 8.73. The Morgan fingerprint density at radius 1 is 1.47 bits per heavy atom. The minimum absolute atomic E-state index is 0.260. The Kier molecular flexibility index (Phi) is 2.86. The van der Waals surface area contributed by atoms with Crippen molar-refractivity contribution in [2.24, 2.45) is 11.7 Å². The van der Waals surface area contributed by atoms with E-state index in [2.05, 4.69) is 15.1 Å². The van der Waals surface area contributed by atoms with Crippen molar-refractivity contribution in [2.45, 2.75) is 19.8 Å². The zero-order valence-corrected chi connectivity index (χ0v) is 9.55. The molecule has 0 aromatic carbocycles. The number of nitrogens with zero attached hydrogens (tertiary/aromatic N) is 3. The summed E-state index contributed by atoms with van der Waals surface area (Å²) in [5.74, 6) is 0.582. The largest absolute Gasteiger partial charge is 0.387 e. The average Bonchev–Trinajstić information content (AvgIpc) is 2.65. The van der Waals surface area contributed by atoms with E-state index in [0.29, 0.717) is 5.84 Å². The van der Waals surface area contributed by atoms with Crippen LogP contribution in [0.4, 0.5) is 5.13 Å². The maximum atomic E-state index is 7.40. The molecule has 15 heavy (non-hydrogen) atoms. The Hall–Kier alpha value is -1.17. The minimum atomic E-state index is 0.260. The number of nitrogens with one attached hydrogen (secondary N) is 1. The normalized spacial score (nSPS) is 18.1. The van der Waals surface area contributed by atoms with Crippen LogP contribution in [0.3, 0.4) is 0 Å². The summed E-state index contributed by atoms with van der Waals surface area (Å²) in [6, 6.07) is 0. The first kappa shape index (κ1) is 10.4. The molecule has 1 aliphatic heterocycles. The molecular formula is C9H15N5S. The predicted molar refractivity (Wildman–Crippen MR) is 61.5 cm³/mol. The van der Waals surface area contributed by atoms with E-state index in [9.17, 15) is 0 Å². The smallest absolute Gasteiger partial charge is 0.208 e. The third kappa shape index (κ3) is 2.26. The highest BCUT2D eigenvalue weighted by Crippen LogP contribution is 2.25. The number of piperidine rings is 1. The van der Waals surface area contributed by atoms with Crippen molar-refractivity contribution in [1.29, 1.82) is 5.41 Å². The number of hydrogen-bond donors (Lipinski definition) is 2. The van der Waals surface area contributed by atoms with Crippen LogP contribution in [0.1, 0.15) is 17.8 Å². The molecule has 0 amide bonds. The van der Waals surface area contributed by atoms with Gasteiger partial charge in [-0.05, 0) is 19.8 Å². The Bertz CT molecular complexity index is 353. The molecule has 1 saturated heterocycles. The molecule has 0 spiro atoms. The van der Waals surface area contributed by atoms with Gasteiger partial charge in [-0.25, -0.2) is 0 Å². The van der Waals surface area contributed by atoms with Gasteiger partial charge in [-0.2, -0.15) is 0 Å². The topological polar surface area (TPSA) is 78.9 Å². The van der Waals surface area contributed by atoms with E-state index in [4.69, 9.17) is 11.1 Å². The third-order valence-electron chi connectivity index (χ3n) is 2.72. The van der Waals surface area contributed by atoms with Crippen LogP contribution in [0.5, 0.6) is 0 Å². The summed E-state index contributed by atoms with van der Waals surface area (Å²) in [4.78, 5) is 2.23. The first-order chi connectivity index (χ1) is 7.16. The fourth-order valence-electron chi connectivity index (χ4n) is 1.80. The van der Waals surface area contributed by atoms with Gasteiger partial charge in [0.25, 0.3) is 0 Å². The fraction of sp³-hybridized carbons (Fsp3) is 0.667. The summed E-state index contributed by atoms with van der Waals surface area (Å²) in [5.41, 5.74) is 5.49. The molecule has 0 bridgehead atoms. The van der Waals surface area contributed by atoms with Crippen LogP contribution in [0.2, 0.25) is 0 Å². The van der Waals surface area contributed by atoms with Crippen LogP contribution in [-0.2, 0) is 0 Å². The van der Waals surface area contributed by atoms with Crippen molar-refractivity contribution in [1.82, 2.24) is 10.2 Å². The maximum absolute atomic E-state index is 7.40. The van der Waals surface area contributed by atoms with Gasteiger partial charge in [0.2, 0.25) is 5.13 Å². The highest BCUT2D eigenvalue weighted by molar-refractivity contribution is 7.15. The lowest BCUT2D eigenvalue weighted by Gasteiger charge is -2.30. The lowest BCUT2D eigenvalue weighted by atomic mass is 9.96. The monoisotopic (exact) mass is 225 g/mol. The van der Waals surface area contributed by atoms with Crippen LogP contribution >= 0.6 is 11.3 Å². The number of rotatable bonds is 2. The van der Waals surface area contributed by atoms with Crippen molar-refractivity contribution in [3.05, 3.63) is 5.01 Å². The molecule has 1 aliphatic rings. The molecule has 5 nitrogen and oxygen atoms in total. The van der Waals surface area contributed by atoms with Crippen molar-refractivity contribution in [2.75, 3.05) is 18.0 Å². The molecule has 2 rings (SSSR count). The third-order valence-corrected chi connectivity index (χ3v) is 3.62. The number of hydrogen-bond acceptors (Lipinski definition) is 5. The van der Waals surface area contributed by atoms with Crippen LogP contribution in [0.25, 0.3) is 0 Å². The molecule has 0 atom stereocenters. The van der Waals surface area contributed by atoms with E-state index < -0.39 is 0 Å². The van der Waals surface area contributed by atoms with Crippen LogP contribution in [-0.4, -0.2) is 29.1 Å². The van der Waals surface area contributed by atoms with Crippen LogP contribution in [0.15, 0.2) is 0 Å². The molecule has 0 unspecified atom stereocenters. The van der Waals surface area contributed by atoms with Gasteiger partial charge in [0.05, 0.1) is 5.84 Å². The molecule has 1 aromatic rings. The Morgan fingerprint density at radius 2 is 2.13 bits per heavy atom. The Labute approximate surface area is 92.8 Å². The number of anilines is 1. The van der Waals surface area contributed by atoms with E-state index in [1.54, 1.807) is 11.3 Å². The van der Waals surface area contributed by atoms with Gasteiger partial charge in [-0.15, -0.1) is 10.2 Å². The van der Waals surface area contributed by atoms with E-state index in [-0.39, 0.29) is 5.92 Å². The molecule has 0 radical (unpaired) electrons. The number of aryl methyl sites for hydroxylation is 1. The molecule has 82 valence electrons. The van der Waals surface area contributed by atoms with Gasteiger partial charge in [0.1, 0.15) is 5.01 Å². The average molecular weight is 225 g/mol. The minimum Gasteiger partial charge on any atom is -0.387 e. The van der Waals surface area contributed by atoms with Gasteiger partial charge < -0.3 is 10.6 Å². The summed E-state index contributed by atoms with van der Waals surface area (Å²) in [5, 5.41) is 17.5. The highest BCUT2D eigenvalue weighted by Gasteiger charge is 2.22. The summed E-state index contributed by atoms with van der Waals surface area (Å²) in [6.45, 7) is 3.82. The summed E-state index contributed by atoms with van der Waals surface area (Å²) in [6.07, 6.45) is 1.90. The quantitative estimate of drug-likeness (QED) is 0.581. The van der Waals surface area contributed by atoms with Crippen molar-refractivity contribution < 1.29 is 0 Å². The molecule has 2 heterocycles. The second kappa shape index (κ2) is 4.14. The SMILES string of the molecule is Cc1nnc(N2CCC(C(=N)N)CC2)s1. The Balaban J connectivity index is 1.96. The molecule has 3 N–H and O–H groups in total. The summed E-state index contributed by atoms with van der Waals surface area (Å²) >= 11 is 1.62. The van der Waals surface area contributed by atoms with Crippen LogP contribution in [0, 0.1) is 18.3 Å². The summed E-state index contributed by atoms with van der Waals surface area (Å²) < 4.78 is 0. The molecular weight excluding hydrogens is 210 g/mol. The standard InChI is InChI=1S/C9H15N5S/c1-6-12-13-9(15-6)14-4-2-7(3-5-14)8(10)11/h7H,2-5H2,1H3,(H3,10,11). The lowest BCUT2D eigenvalue weighted by molar-refractivity contribution is 0.496. The number of aromatic nitrogens is 2. The molecule has 0 aliphatic carbocycles. The highest BCUT2D eigenvalue weighted by atomic mass is 32.1. The van der Waals surface area contributed by atoms with Crippen molar-refractivity contribution in [3.8, 4) is 0 Å². The summed E-state index contributed by atoms with van der Waals surface area (Å²) in [7, 11) is 0. The second-order valence-electron chi connectivity index (χ2n) is 3.82. The zero-order chi connectivity index (χ0) is 10.8. The first-order valence-corrected chi connectivity index (χ1v) is 5.87.